The molecule has 0 saturated heterocycles. The molecular weight excluding hydrogens is 238 g/mol. The fourth-order valence-electron chi connectivity index (χ4n) is 2.56. The van der Waals surface area contributed by atoms with Gasteiger partial charge in [0.1, 0.15) is 5.82 Å². The lowest BCUT2D eigenvalue weighted by Gasteiger charge is -2.06. The van der Waals surface area contributed by atoms with Gasteiger partial charge in [-0.05, 0) is 19.1 Å². The van der Waals surface area contributed by atoms with Crippen LogP contribution in [0, 0.1) is 6.92 Å². The van der Waals surface area contributed by atoms with Gasteiger partial charge in [0.2, 0.25) is 0 Å². The van der Waals surface area contributed by atoms with Crippen molar-refractivity contribution in [2.24, 2.45) is 19.8 Å². The molecule has 0 atom stereocenters. The number of rotatable bonds is 2. The first-order valence-electron chi connectivity index (χ1n) is 6.25. The van der Waals surface area contributed by atoms with Crippen molar-refractivity contribution >= 4 is 11.0 Å². The van der Waals surface area contributed by atoms with Crippen molar-refractivity contribution in [3.8, 4) is 11.3 Å². The number of nitrogens with two attached hydrogens (primary N) is 1. The van der Waals surface area contributed by atoms with Gasteiger partial charge in [0.15, 0.2) is 0 Å². The van der Waals surface area contributed by atoms with Crippen LogP contribution in [0.3, 0.4) is 0 Å². The molecule has 0 amide bonds. The summed E-state index contributed by atoms with van der Waals surface area (Å²) in [4.78, 5) is 8.90. The van der Waals surface area contributed by atoms with Gasteiger partial charge in [0.05, 0.1) is 35.3 Å². The van der Waals surface area contributed by atoms with Crippen molar-refractivity contribution in [3.05, 3.63) is 36.0 Å². The second-order valence-corrected chi connectivity index (χ2v) is 4.78. The smallest absolute Gasteiger partial charge is 0.122 e. The van der Waals surface area contributed by atoms with Gasteiger partial charge in [0, 0.05) is 19.7 Å². The average molecular weight is 255 g/mol. The molecule has 0 aliphatic carbocycles. The van der Waals surface area contributed by atoms with Gasteiger partial charge in [-0.1, -0.05) is 6.07 Å². The fourth-order valence-corrected chi connectivity index (χ4v) is 2.56. The number of imidazole rings is 2. The summed E-state index contributed by atoms with van der Waals surface area (Å²) in [6.07, 6.45) is 1.83. The van der Waals surface area contributed by atoms with Gasteiger partial charge < -0.3 is 14.9 Å². The van der Waals surface area contributed by atoms with Gasteiger partial charge in [-0.25, -0.2) is 9.97 Å². The standard InChI is InChI=1S/C14H17N5/c1-9-14(19(3)13(7-15)17-9)10-4-5-12-11(6-10)16-8-18(12)2/h4-6,8H,7,15H2,1-3H3. The highest BCUT2D eigenvalue weighted by Crippen LogP contribution is 2.26. The van der Waals surface area contributed by atoms with Crippen LogP contribution in [-0.2, 0) is 20.6 Å². The Bertz CT molecular complexity index is 751. The third-order valence-electron chi connectivity index (χ3n) is 3.54. The van der Waals surface area contributed by atoms with E-state index in [9.17, 15) is 0 Å². The Balaban J connectivity index is 2.21. The van der Waals surface area contributed by atoms with E-state index in [0.717, 1.165) is 33.8 Å². The minimum Gasteiger partial charge on any atom is -0.334 e. The molecule has 2 aromatic heterocycles. The van der Waals surface area contributed by atoms with Gasteiger partial charge in [0.25, 0.3) is 0 Å². The molecule has 5 heteroatoms. The Hall–Kier alpha value is -2.14. The van der Waals surface area contributed by atoms with Crippen molar-refractivity contribution < 1.29 is 0 Å². The summed E-state index contributed by atoms with van der Waals surface area (Å²) in [6, 6.07) is 6.29. The lowest BCUT2D eigenvalue weighted by molar-refractivity contribution is 0.798. The molecule has 0 aliphatic rings. The predicted octanol–water partition coefficient (Wildman–Crippen LogP) is 1.74. The number of hydrogen-bond donors (Lipinski definition) is 1. The summed E-state index contributed by atoms with van der Waals surface area (Å²) >= 11 is 0. The molecule has 2 heterocycles. The van der Waals surface area contributed by atoms with E-state index in [2.05, 4.69) is 32.7 Å². The largest absolute Gasteiger partial charge is 0.334 e. The quantitative estimate of drug-likeness (QED) is 0.758. The predicted molar refractivity (Wildman–Crippen MR) is 75.5 cm³/mol. The highest BCUT2D eigenvalue weighted by Gasteiger charge is 2.13. The lowest BCUT2D eigenvalue weighted by Crippen LogP contribution is -2.05. The van der Waals surface area contributed by atoms with E-state index in [4.69, 9.17) is 5.73 Å². The first-order valence-corrected chi connectivity index (χ1v) is 6.25. The summed E-state index contributed by atoms with van der Waals surface area (Å²) < 4.78 is 4.07. The molecule has 0 spiro atoms. The van der Waals surface area contributed by atoms with Crippen LogP contribution < -0.4 is 5.73 Å². The van der Waals surface area contributed by atoms with Crippen LogP contribution in [0.15, 0.2) is 24.5 Å². The maximum atomic E-state index is 5.71. The van der Waals surface area contributed by atoms with Crippen LogP contribution in [0.4, 0.5) is 0 Å². The highest BCUT2D eigenvalue weighted by molar-refractivity contribution is 5.81. The van der Waals surface area contributed by atoms with Gasteiger partial charge in [-0.3, -0.25) is 0 Å². The zero-order valence-electron chi connectivity index (χ0n) is 11.4. The summed E-state index contributed by atoms with van der Waals surface area (Å²) in [6.45, 7) is 2.46. The van der Waals surface area contributed by atoms with Crippen LogP contribution in [-0.4, -0.2) is 19.1 Å². The Morgan fingerprint density at radius 1 is 1.26 bits per heavy atom. The molecule has 98 valence electrons. The Kier molecular flexibility index (Phi) is 2.64. The maximum absolute atomic E-state index is 5.71. The second-order valence-electron chi connectivity index (χ2n) is 4.78. The van der Waals surface area contributed by atoms with E-state index in [1.165, 1.54) is 0 Å². The minimum absolute atomic E-state index is 0.448. The Morgan fingerprint density at radius 3 is 2.74 bits per heavy atom. The maximum Gasteiger partial charge on any atom is 0.122 e. The summed E-state index contributed by atoms with van der Waals surface area (Å²) in [5.41, 5.74) is 11.1. The third-order valence-corrected chi connectivity index (χ3v) is 3.54. The van der Waals surface area contributed by atoms with E-state index in [1.54, 1.807) is 0 Å². The molecule has 0 fully saturated rings. The molecule has 0 radical (unpaired) electrons. The first kappa shape index (κ1) is 11.9. The molecule has 2 N–H and O–H groups in total. The monoisotopic (exact) mass is 255 g/mol. The minimum atomic E-state index is 0.448. The number of benzene rings is 1. The van der Waals surface area contributed by atoms with Crippen LogP contribution in [0.1, 0.15) is 11.5 Å². The zero-order valence-corrected chi connectivity index (χ0v) is 11.4. The third kappa shape index (κ3) is 1.74. The zero-order chi connectivity index (χ0) is 13.6. The van der Waals surface area contributed by atoms with Crippen LogP contribution in [0.2, 0.25) is 0 Å². The molecule has 3 aromatic rings. The first-order chi connectivity index (χ1) is 9.11. The van der Waals surface area contributed by atoms with Gasteiger partial charge >= 0.3 is 0 Å². The number of aromatic nitrogens is 4. The van der Waals surface area contributed by atoms with E-state index < -0.39 is 0 Å². The van der Waals surface area contributed by atoms with Crippen LogP contribution >= 0.6 is 0 Å². The molecule has 3 rings (SSSR count). The molecular formula is C14H17N5. The van der Waals surface area contributed by atoms with Crippen molar-refractivity contribution in [1.82, 2.24) is 19.1 Å². The average Bonchev–Trinajstić information content (AvgIpc) is 2.90. The van der Waals surface area contributed by atoms with Crippen molar-refractivity contribution in [1.29, 1.82) is 0 Å². The summed E-state index contributed by atoms with van der Waals surface area (Å²) in [5.74, 6) is 0.897. The summed E-state index contributed by atoms with van der Waals surface area (Å²) in [7, 11) is 4.00. The SMILES string of the molecule is Cc1nc(CN)n(C)c1-c1ccc2c(c1)ncn2C. The number of nitrogens with zero attached hydrogens (tertiary/aromatic N) is 4. The number of fused-ring (bicyclic) bond motifs is 1. The van der Waals surface area contributed by atoms with Gasteiger partial charge in [-0.15, -0.1) is 0 Å². The summed E-state index contributed by atoms with van der Waals surface area (Å²) in [5, 5.41) is 0. The van der Waals surface area contributed by atoms with E-state index in [1.807, 2.05) is 31.9 Å². The fraction of sp³-hybridized carbons (Fsp3) is 0.286. The van der Waals surface area contributed by atoms with Crippen molar-refractivity contribution in [3.63, 3.8) is 0 Å². The Morgan fingerprint density at radius 2 is 2.05 bits per heavy atom. The van der Waals surface area contributed by atoms with E-state index in [-0.39, 0.29) is 0 Å². The molecule has 0 saturated carbocycles. The van der Waals surface area contributed by atoms with Crippen LogP contribution in [0.25, 0.3) is 22.3 Å². The topological polar surface area (TPSA) is 61.7 Å². The van der Waals surface area contributed by atoms with Crippen molar-refractivity contribution in [2.75, 3.05) is 0 Å². The van der Waals surface area contributed by atoms with Crippen LogP contribution in [0.5, 0.6) is 0 Å². The number of aryl methyl sites for hydroxylation is 2. The molecule has 19 heavy (non-hydrogen) atoms. The second kappa shape index (κ2) is 4.20. The molecule has 5 nitrogen and oxygen atoms in total. The molecule has 0 aliphatic heterocycles. The highest BCUT2D eigenvalue weighted by atomic mass is 15.1. The van der Waals surface area contributed by atoms with E-state index in [0.29, 0.717) is 6.54 Å². The number of hydrogen-bond acceptors (Lipinski definition) is 3. The van der Waals surface area contributed by atoms with E-state index >= 15 is 0 Å². The Labute approximate surface area is 111 Å². The molecule has 1 aromatic carbocycles. The van der Waals surface area contributed by atoms with Crippen molar-refractivity contribution in [2.45, 2.75) is 13.5 Å². The van der Waals surface area contributed by atoms with Gasteiger partial charge in [-0.2, -0.15) is 0 Å². The molecule has 0 bridgehead atoms. The normalized spacial score (nSPS) is 11.4. The molecule has 0 unspecified atom stereocenters. The lowest BCUT2D eigenvalue weighted by atomic mass is 10.1.